The summed E-state index contributed by atoms with van der Waals surface area (Å²) in [6.45, 7) is 6.37. The number of hydrogen-bond donors (Lipinski definition) is 1. The minimum Gasteiger partial charge on any atom is -0.488 e. The van der Waals surface area contributed by atoms with Gasteiger partial charge in [0.25, 0.3) is 0 Å². The van der Waals surface area contributed by atoms with Crippen LogP contribution in [0.1, 0.15) is 12.8 Å². The van der Waals surface area contributed by atoms with E-state index in [-0.39, 0.29) is 6.10 Å². The van der Waals surface area contributed by atoms with Crippen molar-refractivity contribution >= 4 is 5.69 Å². The van der Waals surface area contributed by atoms with E-state index in [9.17, 15) is 0 Å². The zero-order valence-corrected chi connectivity index (χ0v) is 18.1. The molecule has 0 spiro atoms. The second-order valence-corrected chi connectivity index (χ2v) is 8.42. The Labute approximate surface area is 183 Å². The summed E-state index contributed by atoms with van der Waals surface area (Å²) in [5.41, 5.74) is 4.40. The molecule has 1 N–H and O–H groups in total. The van der Waals surface area contributed by atoms with Gasteiger partial charge >= 0.3 is 0 Å². The fourth-order valence-corrected chi connectivity index (χ4v) is 4.29. The third kappa shape index (κ3) is 4.57. The van der Waals surface area contributed by atoms with E-state index >= 15 is 0 Å². The molecule has 0 radical (unpaired) electrons. The van der Waals surface area contributed by atoms with Crippen LogP contribution in [-0.2, 0) is 0 Å². The lowest BCUT2D eigenvalue weighted by atomic mass is 10.1. The molecule has 4 heterocycles. The predicted molar refractivity (Wildman–Crippen MR) is 123 cm³/mol. The summed E-state index contributed by atoms with van der Waals surface area (Å²) < 4.78 is 8.23. The van der Waals surface area contributed by atoms with E-state index < -0.39 is 0 Å². The summed E-state index contributed by atoms with van der Waals surface area (Å²) >= 11 is 0. The molecular formula is C24H30N6O. The van der Waals surface area contributed by atoms with Crippen LogP contribution < -0.4 is 15.0 Å². The van der Waals surface area contributed by atoms with E-state index in [0.29, 0.717) is 0 Å². The first-order valence-electron chi connectivity index (χ1n) is 11.2. The maximum absolute atomic E-state index is 6.30. The second kappa shape index (κ2) is 9.08. The molecule has 0 bridgehead atoms. The topological polar surface area (TPSA) is 58.5 Å². The Morgan fingerprint density at radius 3 is 2.45 bits per heavy atom. The summed E-state index contributed by atoms with van der Waals surface area (Å²) in [4.78, 5) is 9.10. The third-order valence-electron chi connectivity index (χ3n) is 6.24. The molecule has 162 valence electrons. The minimum absolute atomic E-state index is 0.237. The van der Waals surface area contributed by atoms with Crippen LogP contribution in [0.15, 0.2) is 55.1 Å². The van der Waals surface area contributed by atoms with E-state index in [0.717, 1.165) is 74.7 Å². The smallest absolute Gasteiger partial charge is 0.145 e. The number of hydrogen-bond acceptors (Lipinski definition) is 6. The largest absolute Gasteiger partial charge is 0.488 e. The van der Waals surface area contributed by atoms with Gasteiger partial charge in [-0.05, 0) is 63.3 Å². The van der Waals surface area contributed by atoms with Crippen LogP contribution in [0.25, 0.3) is 16.8 Å². The van der Waals surface area contributed by atoms with E-state index in [1.165, 1.54) is 5.69 Å². The number of aromatic nitrogens is 3. The molecule has 0 unspecified atom stereocenters. The summed E-state index contributed by atoms with van der Waals surface area (Å²) in [6.07, 6.45) is 9.88. The molecule has 31 heavy (non-hydrogen) atoms. The van der Waals surface area contributed by atoms with Gasteiger partial charge in [-0.15, -0.1) is 0 Å². The highest BCUT2D eigenvalue weighted by Gasteiger charge is 2.18. The standard InChI is InChI=1S/C24H30N6O/c1-28-12-14-29(15-13-28)20-2-4-21(5-3-20)30-18-19(16-27-30)23-8-11-26-17-24(23)31-22-6-9-25-10-7-22/h2-5,8,11,16-18,22,25H,6-7,9-10,12-15H2,1H3. The van der Waals surface area contributed by atoms with E-state index in [1.54, 1.807) is 0 Å². The molecule has 2 aliphatic heterocycles. The summed E-state index contributed by atoms with van der Waals surface area (Å²) in [5, 5.41) is 7.99. The maximum atomic E-state index is 6.30. The van der Waals surface area contributed by atoms with Crippen molar-refractivity contribution in [1.29, 1.82) is 0 Å². The molecule has 2 fully saturated rings. The highest BCUT2D eigenvalue weighted by Crippen LogP contribution is 2.31. The molecule has 0 atom stereocenters. The van der Waals surface area contributed by atoms with Gasteiger partial charge in [0.1, 0.15) is 11.9 Å². The number of benzene rings is 1. The van der Waals surface area contributed by atoms with Gasteiger partial charge in [0.05, 0.1) is 18.1 Å². The minimum atomic E-state index is 0.237. The van der Waals surface area contributed by atoms with E-state index in [2.05, 4.69) is 62.7 Å². The Kier molecular flexibility index (Phi) is 5.86. The summed E-state index contributed by atoms with van der Waals surface area (Å²) in [5.74, 6) is 0.833. The van der Waals surface area contributed by atoms with Gasteiger partial charge in [-0.1, -0.05) is 0 Å². The first kappa shape index (κ1) is 20.0. The molecule has 2 saturated heterocycles. The fourth-order valence-electron chi connectivity index (χ4n) is 4.29. The zero-order chi connectivity index (χ0) is 21.0. The molecular weight excluding hydrogens is 388 g/mol. The molecule has 2 aromatic heterocycles. The molecule has 0 aliphatic carbocycles. The molecule has 7 nitrogen and oxygen atoms in total. The second-order valence-electron chi connectivity index (χ2n) is 8.42. The van der Waals surface area contributed by atoms with Crippen LogP contribution >= 0.6 is 0 Å². The summed E-state index contributed by atoms with van der Waals surface area (Å²) in [6, 6.07) is 10.7. The number of piperazine rings is 1. The van der Waals surface area contributed by atoms with Crippen molar-refractivity contribution in [2.75, 3.05) is 51.2 Å². The van der Waals surface area contributed by atoms with E-state index in [4.69, 9.17) is 4.74 Å². The SMILES string of the molecule is CN1CCN(c2ccc(-n3cc(-c4ccncc4OC4CCNCC4)cn3)cc2)CC1. The van der Waals surface area contributed by atoms with Crippen molar-refractivity contribution in [3.63, 3.8) is 0 Å². The number of pyridine rings is 1. The van der Waals surface area contributed by atoms with E-state index in [1.807, 2.05) is 29.3 Å². The molecule has 3 aromatic rings. The molecule has 2 aliphatic rings. The van der Waals surface area contributed by atoms with Crippen LogP contribution in [0.5, 0.6) is 5.75 Å². The molecule has 5 rings (SSSR count). The number of nitrogens with one attached hydrogen (secondary N) is 1. The number of ether oxygens (including phenoxy) is 1. The Morgan fingerprint density at radius 2 is 1.68 bits per heavy atom. The Bertz CT molecular complexity index is 987. The van der Waals surface area contributed by atoms with Crippen molar-refractivity contribution in [2.24, 2.45) is 0 Å². The van der Waals surface area contributed by atoms with Crippen LogP contribution in [0.3, 0.4) is 0 Å². The normalized spacial score (nSPS) is 18.3. The zero-order valence-electron chi connectivity index (χ0n) is 18.1. The van der Waals surface area contributed by atoms with Gasteiger partial charge < -0.3 is 19.9 Å². The Balaban J connectivity index is 1.32. The number of nitrogens with zero attached hydrogens (tertiary/aromatic N) is 5. The lowest BCUT2D eigenvalue weighted by molar-refractivity contribution is 0.162. The van der Waals surface area contributed by atoms with Crippen molar-refractivity contribution in [2.45, 2.75) is 18.9 Å². The van der Waals surface area contributed by atoms with Crippen LogP contribution in [0.4, 0.5) is 5.69 Å². The van der Waals surface area contributed by atoms with Gasteiger partial charge in [-0.25, -0.2) is 4.68 Å². The van der Waals surface area contributed by atoms with Gasteiger partial charge in [0.2, 0.25) is 0 Å². The van der Waals surface area contributed by atoms with Crippen molar-refractivity contribution in [3.8, 4) is 22.6 Å². The van der Waals surface area contributed by atoms with Crippen molar-refractivity contribution in [3.05, 3.63) is 55.1 Å². The molecule has 0 amide bonds. The molecule has 1 aromatic carbocycles. The predicted octanol–water partition coefficient (Wildman–Crippen LogP) is 2.82. The number of rotatable bonds is 5. The average molecular weight is 419 g/mol. The number of likely N-dealkylation sites (N-methyl/N-ethyl adjacent to an activating group) is 1. The monoisotopic (exact) mass is 418 g/mol. The highest BCUT2D eigenvalue weighted by atomic mass is 16.5. The van der Waals surface area contributed by atoms with Gasteiger partial charge in [-0.3, -0.25) is 4.98 Å². The summed E-state index contributed by atoms with van der Waals surface area (Å²) in [7, 11) is 2.18. The highest BCUT2D eigenvalue weighted by molar-refractivity contribution is 5.69. The van der Waals surface area contributed by atoms with Gasteiger partial charge in [0.15, 0.2) is 0 Å². The Hall–Kier alpha value is -2.90. The van der Waals surface area contributed by atoms with Crippen molar-refractivity contribution in [1.82, 2.24) is 25.0 Å². The first-order valence-corrected chi connectivity index (χ1v) is 11.2. The Morgan fingerprint density at radius 1 is 0.935 bits per heavy atom. The van der Waals surface area contributed by atoms with Crippen LogP contribution in [0, 0.1) is 0 Å². The average Bonchev–Trinajstić information content (AvgIpc) is 3.31. The number of piperidine rings is 1. The van der Waals surface area contributed by atoms with Gasteiger partial charge in [0, 0.05) is 55.4 Å². The van der Waals surface area contributed by atoms with Crippen molar-refractivity contribution < 1.29 is 4.74 Å². The lowest BCUT2D eigenvalue weighted by Crippen LogP contribution is -2.44. The first-order chi connectivity index (χ1) is 15.3. The number of anilines is 1. The van der Waals surface area contributed by atoms with Gasteiger partial charge in [-0.2, -0.15) is 5.10 Å². The van der Waals surface area contributed by atoms with Crippen LogP contribution in [-0.4, -0.2) is 72.1 Å². The molecule has 0 saturated carbocycles. The van der Waals surface area contributed by atoms with Crippen LogP contribution in [0.2, 0.25) is 0 Å². The quantitative estimate of drug-likeness (QED) is 0.688. The maximum Gasteiger partial charge on any atom is 0.145 e. The third-order valence-corrected chi connectivity index (χ3v) is 6.24. The lowest BCUT2D eigenvalue weighted by Gasteiger charge is -2.34. The molecule has 7 heteroatoms. The fraction of sp³-hybridized carbons (Fsp3) is 0.417.